The van der Waals surface area contributed by atoms with E-state index in [-0.39, 0.29) is 12.1 Å². The number of hydrogen-bond acceptors (Lipinski definition) is 3. The van der Waals surface area contributed by atoms with E-state index < -0.39 is 0 Å². The molecule has 0 aromatic carbocycles. The van der Waals surface area contributed by atoms with Gasteiger partial charge in [-0.1, -0.05) is 12.2 Å². The SMILES string of the molecule is CCOC(C/C=C\CC(C)=O)OCC. The van der Waals surface area contributed by atoms with E-state index in [0.717, 1.165) is 0 Å². The first kappa shape index (κ1) is 13.3. The molecule has 0 aliphatic heterocycles. The molecule has 0 aliphatic carbocycles. The van der Waals surface area contributed by atoms with E-state index in [1.807, 2.05) is 26.0 Å². The Kier molecular flexibility index (Phi) is 8.48. The Hall–Kier alpha value is -0.670. The predicted octanol–water partition coefficient (Wildman–Crippen LogP) is 2.31. The largest absolute Gasteiger partial charge is 0.353 e. The molecule has 0 aliphatic rings. The fourth-order valence-corrected chi connectivity index (χ4v) is 1.01. The second-order valence-electron chi connectivity index (χ2n) is 2.95. The van der Waals surface area contributed by atoms with Crippen LogP contribution in [0.2, 0.25) is 0 Å². The van der Waals surface area contributed by atoms with Gasteiger partial charge in [-0.05, 0) is 20.8 Å². The second-order valence-corrected chi connectivity index (χ2v) is 2.95. The Morgan fingerprint density at radius 1 is 1.21 bits per heavy atom. The van der Waals surface area contributed by atoms with Crippen LogP contribution >= 0.6 is 0 Å². The van der Waals surface area contributed by atoms with Gasteiger partial charge in [-0.15, -0.1) is 0 Å². The summed E-state index contributed by atoms with van der Waals surface area (Å²) in [5.74, 6) is 0.172. The van der Waals surface area contributed by atoms with Gasteiger partial charge in [0, 0.05) is 26.1 Å². The molecule has 0 rings (SSSR count). The van der Waals surface area contributed by atoms with Crippen molar-refractivity contribution in [3.63, 3.8) is 0 Å². The summed E-state index contributed by atoms with van der Waals surface area (Å²) in [5, 5.41) is 0. The third-order valence-corrected chi connectivity index (χ3v) is 1.61. The molecular formula is C11H20O3. The first-order valence-electron chi connectivity index (χ1n) is 5.08. The quantitative estimate of drug-likeness (QED) is 0.445. The van der Waals surface area contributed by atoms with Gasteiger partial charge in [-0.25, -0.2) is 0 Å². The van der Waals surface area contributed by atoms with Gasteiger partial charge in [0.15, 0.2) is 6.29 Å². The molecule has 0 unspecified atom stereocenters. The van der Waals surface area contributed by atoms with Crippen LogP contribution in [0.15, 0.2) is 12.2 Å². The van der Waals surface area contributed by atoms with Gasteiger partial charge in [-0.3, -0.25) is 4.79 Å². The first-order valence-corrected chi connectivity index (χ1v) is 5.08. The number of carbonyl (C=O) groups is 1. The number of hydrogen-bond donors (Lipinski definition) is 0. The van der Waals surface area contributed by atoms with Crippen LogP contribution in [-0.2, 0) is 14.3 Å². The zero-order valence-corrected chi connectivity index (χ0v) is 9.29. The maximum Gasteiger partial charge on any atom is 0.160 e. The predicted molar refractivity (Wildman–Crippen MR) is 56.1 cm³/mol. The molecule has 0 fully saturated rings. The molecule has 3 nitrogen and oxygen atoms in total. The Morgan fingerprint density at radius 2 is 1.79 bits per heavy atom. The highest BCUT2D eigenvalue weighted by Gasteiger charge is 2.03. The molecule has 0 spiro atoms. The number of ether oxygens (including phenoxy) is 2. The lowest BCUT2D eigenvalue weighted by molar-refractivity contribution is -0.133. The molecule has 0 aromatic heterocycles. The van der Waals surface area contributed by atoms with E-state index in [0.29, 0.717) is 26.1 Å². The molecule has 0 amide bonds. The topological polar surface area (TPSA) is 35.5 Å². The molecule has 0 aromatic rings. The third-order valence-electron chi connectivity index (χ3n) is 1.61. The normalized spacial score (nSPS) is 11.4. The molecule has 0 N–H and O–H groups in total. The molecule has 0 saturated heterocycles. The zero-order valence-electron chi connectivity index (χ0n) is 9.29. The number of ketones is 1. The van der Waals surface area contributed by atoms with Crippen LogP contribution in [0.5, 0.6) is 0 Å². The molecule has 0 heterocycles. The Balaban J connectivity index is 3.68. The van der Waals surface area contributed by atoms with E-state index in [9.17, 15) is 4.79 Å². The van der Waals surface area contributed by atoms with Crippen LogP contribution < -0.4 is 0 Å². The zero-order chi connectivity index (χ0) is 10.8. The van der Waals surface area contributed by atoms with Gasteiger partial charge in [-0.2, -0.15) is 0 Å². The molecule has 0 radical (unpaired) electrons. The van der Waals surface area contributed by atoms with E-state index in [4.69, 9.17) is 9.47 Å². The highest BCUT2D eigenvalue weighted by Crippen LogP contribution is 2.02. The minimum absolute atomic E-state index is 0.172. The summed E-state index contributed by atoms with van der Waals surface area (Å²) in [4.78, 5) is 10.6. The lowest BCUT2D eigenvalue weighted by Crippen LogP contribution is -2.16. The van der Waals surface area contributed by atoms with Crippen molar-refractivity contribution in [1.82, 2.24) is 0 Å². The molecule has 14 heavy (non-hydrogen) atoms. The smallest absolute Gasteiger partial charge is 0.160 e. The number of allylic oxidation sites excluding steroid dienone is 1. The van der Waals surface area contributed by atoms with E-state index >= 15 is 0 Å². The maximum atomic E-state index is 10.6. The van der Waals surface area contributed by atoms with Crippen molar-refractivity contribution in [3.8, 4) is 0 Å². The number of Topliss-reactive ketones (excluding diaryl/α,β-unsaturated/α-hetero) is 1. The third kappa shape index (κ3) is 7.95. The highest BCUT2D eigenvalue weighted by atomic mass is 16.7. The van der Waals surface area contributed by atoms with Crippen LogP contribution in [0.1, 0.15) is 33.6 Å². The van der Waals surface area contributed by atoms with E-state index in [1.54, 1.807) is 6.92 Å². The molecule has 0 atom stereocenters. The van der Waals surface area contributed by atoms with Crippen molar-refractivity contribution in [2.24, 2.45) is 0 Å². The van der Waals surface area contributed by atoms with Crippen LogP contribution in [0.25, 0.3) is 0 Å². The van der Waals surface area contributed by atoms with Crippen molar-refractivity contribution < 1.29 is 14.3 Å². The van der Waals surface area contributed by atoms with Crippen LogP contribution in [-0.4, -0.2) is 25.3 Å². The van der Waals surface area contributed by atoms with Crippen molar-refractivity contribution in [1.29, 1.82) is 0 Å². The molecule has 0 saturated carbocycles. The first-order chi connectivity index (χ1) is 6.70. The van der Waals surface area contributed by atoms with Crippen LogP contribution in [0.4, 0.5) is 0 Å². The number of rotatable bonds is 8. The summed E-state index contributed by atoms with van der Waals surface area (Å²) in [7, 11) is 0. The Bertz CT molecular complexity index is 169. The van der Waals surface area contributed by atoms with Crippen molar-refractivity contribution in [2.45, 2.75) is 39.9 Å². The molecular weight excluding hydrogens is 180 g/mol. The Labute approximate surface area is 86.1 Å². The summed E-state index contributed by atoms with van der Waals surface area (Å²) in [6, 6.07) is 0. The minimum Gasteiger partial charge on any atom is -0.353 e. The second kappa shape index (κ2) is 8.91. The van der Waals surface area contributed by atoms with E-state index in [1.165, 1.54) is 0 Å². The summed E-state index contributed by atoms with van der Waals surface area (Å²) in [5.41, 5.74) is 0. The lowest BCUT2D eigenvalue weighted by atomic mass is 10.2. The van der Waals surface area contributed by atoms with Gasteiger partial charge in [0.25, 0.3) is 0 Å². The Morgan fingerprint density at radius 3 is 2.21 bits per heavy atom. The fraction of sp³-hybridized carbons (Fsp3) is 0.727. The summed E-state index contributed by atoms with van der Waals surface area (Å²) >= 11 is 0. The van der Waals surface area contributed by atoms with Crippen molar-refractivity contribution in [3.05, 3.63) is 12.2 Å². The molecule has 0 bridgehead atoms. The average Bonchev–Trinajstić information content (AvgIpc) is 2.12. The van der Waals surface area contributed by atoms with Gasteiger partial charge in [0.05, 0.1) is 0 Å². The van der Waals surface area contributed by atoms with E-state index in [2.05, 4.69) is 0 Å². The van der Waals surface area contributed by atoms with Crippen molar-refractivity contribution in [2.75, 3.05) is 13.2 Å². The van der Waals surface area contributed by atoms with Gasteiger partial charge in [0.2, 0.25) is 0 Å². The number of carbonyl (C=O) groups excluding carboxylic acids is 1. The van der Waals surface area contributed by atoms with Crippen molar-refractivity contribution >= 4 is 5.78 Å². The monoisotopic (exact) mass is 200 g/mol. The molecule has 3 heteroatoms. The van der Waals surface area contributed by atoms with Gasteiger partial charge in [0.1, 0.15) is 5.78 Å². The lowest BCUT2D eigenvalue weighted by Gasteiger charge is -2.14. The summed E-state index contributed by atoms with van der Waals surface area (Å²) in [6.07, 6.45) is 4.80. The highest BCUT2D eigenvalue weighted by molar-refractivity contribution is 5.76. The fourth-order valence-electron chi connectivity index (χ4n) is 1.01. The van der Waals surface area contributed by atoms with Crippen LogP contribution in [0.3, 0.4) is 0 Å². The van der Waals surface area contributed by atoms with Gasteiger partial charge >= 0.3 is 0 Å². The molecule has 82 valence electrons. The standard InChI is InChI=1S/C11H20O3/c1-4-13-11(14-5-2)9-7-6-8-10(3)12/h6-7,11H,4-5,8-9H2,1-3H3/b7-6-. The van der Waals surface area contributed by atoms with Crippen LogP contribution in [0, 0.1) is 0 Å². The van der Waals surface area contributed by atoms with Gasteiger partial charge < -0.3 is 9.47 Å². The summed E-state index contributed by atoms with van der Waals surface area (Å²) < 4.78 is 10.7. The average molecular weight is 200 g/mol. The maximum absolute atomic E-state index is 10.6. The summed E-state index contributed by atoms with van der Waals surface area (Å²) in [6.45, 7) is 6.74. The minimum atomic E-state index is -0.173.